The number of hydrogen-bond acceptors (Lipinski definition) is 7. The highest BCUT2D eigenvalue weighted by atomic mass is 16.6. The number of carboxylic acids is 1. The van der Waals surface area contributed by atoms with Crippen molar-refractivity contribution in [1.82, 2.24) is 9.88 Å². The highest BCUT2D eigenvalue weighted by Crippen LogP contribution is 2.51. The van der Waals surface area contributed by atoms with Crippen LogP contribution in [0.4, 0.5) is 4.79 Å². The number of aryl methyl sites for hydroxylation is 1. The standard InChI is InChI=1S/C31H30N2O7/c1-21-27(40-29(32-21)22-6-4-3-5-7-22)16-19-38-25-10-8-23(9-11-25)31(17-18-31)33(20-28(34)35)30(36)39-26-14-12-24(37-2)13-15-26/h3-15H,16-20H2,1-2H3,(H,34,35). The number of ether oxygens (including phenoxy) is 3. The smallest absolute Gasteiger partial charge is 0.416 e. The number of nitrogens with zero attached hydrogens (tertiary/aromatic N) is 2. The summed E-state index contributed by atoms with van der Waals surface area (Å²) in [6, 6.07) is 23.7. The molecule has 9 heteroatoms. The first kappa shape index (κ1) is 26.8. The Labute approximate surface area is 231 Å². The highest BCUT2D eigenvalue weighted by molar-refractivity contribution is 5.79. The van der Waals surface area contributed by atoms with Crippen LogP contribution in [0.5, 0.6) is 17.2 Å². The predicted molar refractivity (Wildman–Crippen MR) is 147 cm³/mol. The number of carbonyl (C=O) groups is 2. The summed E-state index contributed by atoms with van der Waals surface area (Å²) in [5.74, 6) is 1.83. The molecule has 3 aromatic carbocycles. The van der Waals surface area contributed by atoms with E-state index in [1.54, 1.807) is 31.4 Å². The van der Waals surface area contributed by atoms with Crippen molar-refractivity contribution in [2.45, 2.75) is 31.7 Å². The minimum atomic E-state index is -1.11. The van der Waals surface area contributed by atoms with Crippen LogP contribution in [0.2, 0.25) is 0 Å². The number of rotatable bonds is 11. The third-order valence-electron chi connectivity index (χ3n) is 6.92. The average molecular weight is 543 g/mol. The fourth-order valence-electron chi connectivity index (χ4n) is 4.65. The molecule has 1 aromatic heterocycles. The van der Waals surface area contributed by atoms with E-state index in [1.807, 2.05) is 61.5 Å². The van der Waals surface area contributed by atoms with Gasteiger partial charge >= 0.3 is 12.1 Å². The maximum atomic E-state index is 13.1. The number of carbonyl (C=O) groups excluding carboxylic acids is 1. The van der Waals surface area contributed by atoms with Crippen molar-refractivity contribution in [2.75, 3.05) is 20.3 Å². The Morgan fingerprint density at radius 3 is 2.23 bits per heavy atom. The summed E-state index contributed by atoms with van der Waals surface area (Å²) in [5, 5.41) is 9.53. The molecule has 0 aliphatic heterocycles. The van der Waals surface area contributed by atoms with Gasteiger partial charge in [-0.2, -0.15) is 0 Å². The van der Waals surface area contributed by atoms with Gasteiger partial charge in [-0.15, -0.1) is 0 Å². The second-order valence-electron chi connectivity index (χ2n) is 9.57. The number of benzene rings is 3. The Kier molecular flexibility index (Phi) is 7.72. The van der Waals surface area contributed by atoms with Crippen molar-refractivity contribution in [3.05, 3.63) is 95.9 Å². The SMILES string of the molecule is COc1ccc(OC(=O)N(CC(=O)O)C2(c3ccc(OCCc4oc(-c5ccccc5)nc4C)cc3)CC2)cc1. The molecule has 0 spiro atoms. The lowest BCUT2D eigenvalue weighted by molar-refractivity contribution is -0.138. The Hall–Kier alpha value is -4.79. The maximum absolute atomic E-state index is 13.1. The molecule has 0 unspecified atom stereocenters. The van der Waals surface area contributed by atoms with Gasteiger partial charge in [0.15, 0.2) is 0 Å². The molecule has 1 aliphatic carbocycles. The monoisotopic (exact) mass is 542 g/mol. The molecule has 1 heterocycles. The van der Waals surface area contributed by atoms with Gasteiger partial charge in [0.2, 0.25) is 5.89 Å². The molecule has 1 saturated carbocycles. The van der Waals surface area contributed by atoms with E-state index < -0.39 is 24.1 Å². The zero-order chi connectivity index (χ0) is 28.1. The average Bonchev–Trinajstić information content (AvgIpc) is 3.69. The van der Waals surface area contributed by atoms with Crippen molar-refractivity contribution in [1.29, 1.82) is 0 Å². The number of methoxy groups -OCH3 is 1. The summed E-state index contributed by atoms with van der Waals surface area (Å²) in [7, 11) is 1.54. The maximum Gasteiger partial charge on any atom is 0.416 e. The zero-order valence-electron chi connectivity index (χ0n) is 22.3. The van der Waals surface area contributed by atoms with Gasteiger partial charge in [-0.1, -0.05) is 30.3 Å². The van der Waals surface area contributed by atoms with E-state index in [1.165, 1.54) is 4.90 Å². The quantitative estimate of drug-likeness (QED) is 0.251. The second-order valence-corrected chi connectivity index (χ2v) is 9.57. The van der Waals surface area contributed by atoms with Gasteiger partial charge in [-0.05, 0) is 73.9 Å². The van der Waals surface area contributed by atoms with Crippen molar-refractivity contribution in [3.8, 4) is 28.7 Å². The van der Waals surface area contributed by atoms with Gasteiger partial charge in [0.25, 0.3) is 0 Å². The number of aromatic nitrogens is 1. The van der Waals surface area contributed by atoms with Gasteiger partial charge in [-0.3, -0.25) is 9.69 Å². The topological polar surface area (TPSA) is 111 Å². The van der Waals surface area contributed by atoms with Crippen LogP contribution in [0.1, 0.15) is 29.9 Å². The minimum absolute atomic E-state index is 0.304. The molecule has 1 amide bonds. The summed E-state index contributed by atoms with van der Waals surface area (Å²) in [6.45, 7) is 1.83. The Bertz CT molecular complexity index is 1460. The second kappa shape index (κ2) is 11.5. The van der Waals surface area contributed by atoms with Crippen LogP contribution >= 0.6 is 0 Å². The molecular formula is C31H30N2O7. The van der Waals surface area contributed by atoms with Crippen LogP contribution in [-0.4, -0.2) is 47.3 Å². The fourth-order valence-corrected chi connectivity index (χ4v) is 4.65. The summed E-state index contributed by atoms with van der Waals surface area (Å²) < 4.78 is 22.5. The molecule has 0 radical (unpaired) electrons. The van der Waals surface area contributed by atoms with E-state index in [2.05, 4.69) is 4.98 Å². The van der Waals surface area contributed by atoms with Crippen LogP contribution in [-0.2, 0) is 16.8 Å². The molecule has 40 heavy (non-hydrogen) atoms. The molecule has 4 aromatic rings. The zero-order valence-corrected chi connectivity index (χ0v) is 22.3. The normalized spacial score (nSPS) is 13.3. The molecule has 206 valence electrons. The summed E-state index contributed by atoms with van der Waals surface area (Å²) in [4.78, 5) is 30.6. The molecule has 0 bridgehead atoms. The summed E-state index contributed by atoms with van der Waals surface area (Å²) in [5.41, 5.74) is 1.83. The largest absolute Gasteiger partial charge is 0.497 e. The van der Waals surface area contributed by atoms with Crippen LogP contribution in [0, 0.1) is 6.92 Å². The predicted octanol–water partition coefficient (Wildman–Crippen LogP) is 5.85. The number of oxazole rings is 1. The molecule has 1 aliphatic rings. The Balaban J connectivity index is 1.22. The minimum Gasteiger partial charge on any atom is -0.497 e. The lowest BCUT2D eigenvalue weighted by atomic mass is 10.0. The molecule has 1 fully saturated rings. The molecule has 9 nitrogen and oxygen atoms in total. The molecule has 0 saturated heterocycles. The first-order valence-electron chi connectivity index (χ1n) is 13.0. The van der Waals surface area contributed by atoms with Gasteiger partial charge in [0.1, 0.15) is 29.6 Å². The molecule has 0 atom stereocenters. The highest BCUT2D eigenvalue weighted by Gasteiger charge is 2.53. The molecule has 5 rings (SSSR count). The van der Waals surface area contributed by atoms with E-state index in [0.717, 1.165) is 22.6 Å². The molecular weight excluding hydrogens is 512 g/mol. The van der Waals surface area contributed by atoms with Crippen molar-refractivity contribution >= 4 is 12.1 Å². The molecule has 1 N–H and O–H groups in total. The van der Waals surface area contributed by atoms with Crippen LogP contribution in [0.25, 0.3) is 11.5 Å². The number of aliphatic carboxylic acids is 1. The number of carboxylic acid groups (broad SMARTS) is 1. The van der Waals surface area contributed by atoms with E-state index in [-0.39, 0.29) is 0 Å². The van der Waals surface area contributed by atoms with E-state index in [4.69, 9.17) is 18.6 Å². The van der Waals surface area contributed by atoms with E-state index in [9.17, 15) is 14.7 Å². The van der Waals surface area contributed by atoms with Gasteiger partial charge in [0.05, 0.1) is 24.9 Å². The summed E-state index contributed by atoms with van der Waals surface area (Å²) >= 11 is 0. The Morgan fingerprint density at radius 2 is 1.60 bits per heavy atom. The number of hydrogen-bond donors (Lipinski definition) is 1. The first-order chi connectivity index (χ1) is 19.4. The van der Waals surface area contributed by atoms with Gasteiger partial charge in [0, 0.05) is 12.0 Å². The van der Waals surface area contributed by atoms with Gasteiger partial charge < -0.3 is 23.7 Å². The Morgan fingerprint density at radius 1 is 0.950 bits per heavy atom. The number of amides is 1. The van der Waals surface area contributed by atoms with E-state index >= 15 is 0 Å². The first-order valence-corrected chi connectivity index (χ1v) is 13.0. The third kappa shape index (κ3) is 5.93. The van der Waals surface area contributed by atoms with Crippen molar-refractivity contribution < 1.29 is 33.3 Å². The third-order valence-corrected chi connectivity index (χ3v) is 6.92. The van der Waals surface area contributed by atoms with Crippen molar-refractivity contribution in [2.24, 2.45) is 0 Å². The van der Waals surface area contributed by atoms with Crippen LogP contribution < -0.4 is 14.2 Å². The lowest BCUT2D eigenvalue weighted by Gasteiger charge is -2.30. The van der Waals surface area contributed by atoms with Crippen LogP contribution in [0.3, 0.4) is 0 Å². The lowest BCUT2D eigenvalue weighted by Crippen LogP contribution is -2.45. The van der Waals surface area contributed by atoms with Crippen LogP contribution in [0.15, 0.2) is 83.3 Å². The van der Waals surface area contributed by atoms with E-state index in [0.29, 0.717) is 49.0 Å². The van der Waals surface area contributed by atoms with Crippen molar-refractivity contribution in [3.63, 3.8) is 0 Å². The fraction of sp³-hybridized carbons (Fsp3) is 0.258. The van der Waals surface area contributed by atoms with Gasteiger partial charge in [-0.25, -0.2) is 9.78 Å². The summed E-state index contributed by atoms with van der Waals surface area (Å²) in [6.07, 6.45) is 1.10.